The molecule has 0 spiro atoms. The lowest BCUT2D eigenvalue weighted by Gasteiger charge is -2.36. The summed E-state index contributed by atoms with van der Waals surface area (Å²) in [6, 6.07) is 11.1. The number of carbonyl (C=O) groups is 1. The molecular formula is C23H28N2O7S. The van der Waals surface area contributed by atoms with Crippen LogP contribution in [0.1, 0.15) is 35.2 Å². The lowest BCUT2D eigenvalue weighted by atomic mass is 9.98. The van der Waals surface area contributed by atoms with Crippen molar-refractivity contribution in [3.05, 3.63) is 53.6 Å². The summed E-state index contributed by atoms with van der Waals surface area (Å²) < 4.78 is 44.5. The van der Waals surface area contributed by atoms with E-state index < -0.39 is 22.2 Å². The number of fused-ring (bicyclic) bond motifs is 1. The number of rotatable bonds is 8. The molecule has 1 saturated heterocycles. The smallest absolute Gasteiger partial charge is 0.251 e. The van der Waals surface area contributed by atoms with E-state index >= 15 is 0 Å². The molecular weight excluding hydrogens is 448 g/mol. The lowest BCUT2D eigenvalue weighted by molar-refractivity contribution is -0.0871. The Labute approximate surface area is 193 Å². The van der Waals surface area contributed by atoms with Crippen molar-refractivity contribution in [3.63, 3.8) is 0 Å². The van der Waals surface area contributed by atoms with Gasteiger partial charge in [-0.2, -0.15) is 0 Å². The fourth-order valence-electron chi connectivity index (χ4n) is 3.95. The van der Waals surface area contributed by atoms with Gasteiger partial charge in [-0.25, -0.2) is 13.1 Å². The van der Waals surface area contributed by atoms with E-state index in [1.54, 1.807) is 42.5 Å². The van der Waals surface area contributed by atoms with Crippen LogP contribution in [0.15, 0.2) is 47.4 Å². The third-order valence-corrected chi connectivity index (χ3v) is 7.33. The SMILES string of the molecule is Cc1ccc(S(=O)(=O)N[C@H]2CC[C@H](CCNC(=O)c3ccc4c(c3)OCO4)O[C@H]2CO)cc1. The maximum absolute atomic E-state index is 12.7. The van der Waals surface area contributed by atoms with Gasteiger partial charge in [0.15, 0.2) is 11.5 Å². The predicted octanol–water partition coefficient (Wildman–Crippen LogP) is 1.73. The van der Waals surface area contributed by atoms with Crippen LogP contribution in [-0.2, 0) is 14.8 Å². The number of hydrogen-bond donors (Lipinski definition) is 3. The van der Waals surface area contributed by atoms with Crippen molar-refractivity contribution in [3.8, 4) is 11.5 Å². The van der Waals surface area contributed by atoms with E-state index in [9.17, 15) is 18.3 Å². The number of hydrogen-bond acceptors (Lipinski definition) is 7. The van der Waals surface area contributed by atoms with E-state index in [-0.39, 0.29) is 30.3 Å². The third kappa shape index (κ3) is 5.64. The number of amides is 1. The quantitative estimate of drug-likeness (QED) is 0.530. The van der Waals surface area contributed by atoms with E-state index in [1.807, 2.05) is 6.92 Å². The summed E-state index contributed by atoms with van der Waals surface area (Å²) in [7, 11) is -3.72. The zero-order valence-corrected chi connectivity index (χ0v) is 19.1. The first kappa shape index (κ1) is 23.5. The molecule has 3 N–H and O–H groups in total. The standard InChI is InChI=1S/C23H28N2O7S/c1-15-2-6-18(7-3-15)33(28,29)25-19-8-5-17(32-22(19)13-26)10-11-24-23(27)16-4-9-20-21(12-16)31-14-30-20/h2-4,6-7,9,12,17,19,22,25-26H,5,8,10-11,13-14H2,1H3,(H,24,27)/t17-,19+,22+/m1/s1. The fourth-order valence-corrected chi connectivity index (χ4v) is 5.25. The number of aliphatic hydroxyl groups is 1. The van der Waals surface area contributed by atoms with Gasteiger partial charge in [0.1, 0.15) is 0 Å². The normalized spacial score (nSPS) is 22.2. The van der Waals surface area contributed by atoms with Crippen molar-refractivity contribution in [2.75, 3.05) is 19.9 Å². The van der Waals surface area contributed by atoms with E-state index in [0.29, 0.717) is 42.9 Å². The summed E-state index contributed by atoms with van der Waals surface area (Å²) in [5, 5.41) is 12.6. The highest BCUT2D eigenvalue weighted by atomic mass is 32.2. The Morgan fingerprint density at radius 1 is 1.09 bits per heavy atom. The first-order chi connectivity index (χ1) is 15.9. The van der Waals surface area contributed by atoms with Crippen molar-refractivity contribution in [2.45, 2.75) is 49.3 Å². The molecule has 0 saturated carbocycles. The number of sulfonamides is 1. The number of nitrogens with one attached hydrogen (secondary N) is 2. The molecule has 0 radical (unpaired) electrons. The predicted molar refractivity (Wildman–Crippen MR) is 120 cm³/mol. The second-order valence-corrected chi connectivity index (χ2v) is 9.92. The first-order valence-corrected chi connectivity index (χ1v) is 12.4. The van der Waals surface area contributed by atoms with Gasteiger partial charge in [-0.3, -0.25) is 4.79 Å². The van der Waals surface area contributed by atoms with Crippen LogP contribution in [0.25, 0.3) is 0 Å². The zero-order valence-electron chi connectivity index (χ0n) is 18.3. The second kappa shape index (κ2) is 10.1. The van der Waals surface area contributed by atoms with Gasteiger partial charge in [-0.1, -0.05) is 17.7 Å². The average Bonchev–Trinajstić information content (AvgIpc) is 3.28. The lowest BCUT2D eigenvalue weighted by Crippen LogP contribution is -2.51. The maximum atomic E-state index is 12.7. The van der Waals surface area contributed by atoms with Crippen LogP contribution in [0.5, 0.6) is 11.5 Å². The van der Waals surface area contributed by atoms with Crippen LogP contribution in [0.4, 0.5) is 0 Å². The molecule has 9 nitrogen and oxygen atoms in total. The highest BCUT2D eigenvalue weighted by molar-refractivity contribution is 7.89. The Morgan fingerprint density at radius 3 is 2.61 bits per heavy atom. The maximum Gasteiger partial charge on any atom is 0.251 e. The number of aliphatic hydroxyl groups excluding tert-OH is 1. The van der Waals surface area contributed by atoms with Gasteiger partial charge in [-0.05, 0) is 56.5 Å². The minimum Gasteiger partial charge on any atom is -0.454 e. The monoisotopic (exact) mass is 476 g/mol. The van der Waals surface area contributed by atoms with Gasteiger partial charge in [0.2, 0.25) is 16.8 Å². The summed E-state index contributed by atoms with van der Waals surface area (Å²) in [5.41, 5.74) is 1.44. The number of carbonyl (C=O) groups excluding carboxylic acids is 1. The Morgan fingerprint density at radius 2 is 1.85 bits per heavy atom. The molecule has 33 heavy (non-hydrogen) atoms. The molecule has 4 rings (SSSR count). The Hall–Kier alpha value is -2.66. The molecule has 0 unspecified atom stereocenters. The fraction of sp³-hybridized carbons (Fsp3) is 0.435. The van der Waals surface area contributed by atoms with Crippen LogP contribution in [0, 0.1) is 6.92 Å². The first-order valence-electron chi connectivity index (χ1n) is 10.9. The molecule has 3 atom stereocenters. The summed E-state index contributed by atoms with van der Waals surface area (Å²) in [4.78, 5) is 12.6. The number of aryl methyl sites for hydroxylation is 1. The molecule has 1 fully saturated rings. The van der Waals surface area contributed by atoms with Gasteiger partial charge in [0, 0.05) is 12.1 Å². The third-order valence-electron chi connectivity index (χ3n) is 5.82. The van der Waals surface area contributed by atoms with Crippen LogP contribution < -0.4 is 19.5 Å². The van der Waals surface area contributed by atoms with Gasteiger partial charge in [0.25, 0.3) is 5.91 Å². The zero-order chi connectivity index (χ0) is 23.4. The molecule has 2 heterocycles. The van der Waals surface area contributed by atoms with Gasteiger partial charge in [0.05, 0.1) is 29.8 Å². The van der Waals surface area contributed by atoms with Crippen molar-refractivity contribution >= 4 is 15.9 Å². The molecule has 178 valence electrons. The molecule has 10 heteroatoms. The Bertz CT molecular complexity index is 1090. The molecule has 1 amide bonds. The van der Waals surface area contributed by atoms with Crippen molar-refractivity contribution in [1.29, 1.82) is 0 Å². The van der Waals surface area contributed by atoms with Crippen LogP contribution in [0.2, 0.25) is 0 Å². The topological polar surface area (TPSA) is 123 Å². The number of ether oxygens (including phenoxy) is 3. The van der Waals surface area contributed by atoms with E-state index in [1.165, 1.54) is 0 Å². The largest absolute Gasteiger partial charge is 0.454 e. The van der Waals surface area contributed by atoms with Crippen molar-refractivity contribution in [2.24, 2.45) is 0 Å². The van der Waals surface area contributed by atoms with Crippen LogP contribution in [0.3, 0.4) is 0 Å². The van der Waals surface area contributed by atoms with E-state index in [0.717, 1.165) is 5.56 Å². The molecule has 2 aliphatic rings. The number of benzene rings is 2. The molecule has 2 aromatic rings. The summed E-state index contributed by atoms with van der Waals surface area (Å²) in [5.74, 6) is 0.930. The summed E-state index contributed by atoms with van der Waals surface area (Å²) in [6.07, 6.45) is 0.826. The molecule has 2 aromatic carbocycles. The van der Waals surface area contributed by atoms with Crippen molar-refractivity contribution < 1.29 is 32.5 Å². The van der Waals surface area contributed by atoms with Gasteiger partial charge in [-0.15, -0.1) is 0 Å². The highest BCUT2D eigenvalue weighted by Gasteiger charge is 2.33. The summed E-state index contributed by atoms with van der Waals surface area (Å²) >= 11 is 0. The van der Waals surface area contributed by atoms with E-state index in [2.05, 4.69) is 10.0 Å². The summed E-state index contributed by atoms with van der Waals surface area (Å²) in [6.45, 7) is 2.11. The minimum atomic E-state index is -3.72. The van der Waals surface area contributed by atoms with Crippen LogP contribution in [-0.4, -0.2) is 57.6 Å². The molecule has 0 aliphatic carbocycles. The second-order valence-electron chi connectivity index (χ2n) is 8.21. The Kier molecular flexibility index (Phi) is 7.18. The van der Waals surface area contributed by atoms with Gasteiger partial charge < -0.3 is 24.6 Å². The van der Waals surface area contributed by atoms with Crippen LogP contribution >= 0.6 is 0 Å². The molecule has 2 aliphatic heterocycles. The van der Waals surface area contributed by atoms with Gasteiger partial charge >= 0.3 is 0 Å². The average molecular weight is 477 g/mol. The molecule has 0 bridgehead atoms. The van der Waals surface area contributed by atoms with Crippen molar-refractivity contribution in [1.82, 2.24) is 10.0 Å². The molecule has 0 aromatic heterocycles. The Balaban J connectivity index is 1.27. The highest BCUT2D eigenvalue weighted by Crippen LogP contribution is 2.32. The minimum absolute atomic E-state index is 0.146. The van der Waals surface area contributed by atoms with E-state index in [4.69, 9.17) is 14.2 Å².